The van der Waals surface area contributed by atoms with Crippen LogP contribution < -0.4 is 4.31 Å². The lowest BCUT2D eigenvalue weighted by Crippen LogP contribution is -2.31. The number of hydrogen-bond donors (Lipinski definition) is 0. The summed E-state index contributed by atoms with van der Waals surface area (Å²) < 4.78 is 27.0. The zero-order valence-electron chi connectivity index (χ0n) is 15.8. The predicted molar refractivity (Wildman–Crippen MR) is 115 cm³/mol. The molecule has 2 fully saturated rings. The summed E-state index contributed by atoms with van der Waals surface area (Å²) in [5.74, 6) is 0.0990. The molecule has 2 aromatic carbocycles. The van der Waals surface area contributed by atoms with Crippen molar-refractivity contribution >= 4 is 43.2 Å². The van der Waals surface area contributed by atoms with E-state index in [0.29, 0.717) is 30.8 Å². The van der Waals surface area contributed by atoms with Crippen LogP contribution in [0.3, 0.4) is 0 Å². The van der Waals surface area contributed by atoms with Gasteiger partial charge in [-0.25, -0.2) is 13.4 Å². The number of hydrogen-bond acceptors (Lipinski definition) is 5. The zero-order valence-corrected chi connectivity index (χ0v) is 17.5. The van der Waals surface area contributed by atoms with E-state index in [1.54, 1.807) is 35.6 Å². The summed E-state index contributed by atoms with van der Waals surface area (Å²) in [6.45, 7) is 1.16. The molecule has 2 saturated heterocycles. The van der Waals surface area contributed by atoms with Gasteiger partial charge in [-0.15, -0.1) is 11.3 Å². The molecule has 6 nitrogen and oxygen atoms in total. The fraction of sp³-hybridized carbons (Fsp3) is 0.333. The molecule has 8 heteroatoms. The third kappa shape index (κ3) is 3.30. The van der Waals surface area contributed by atoms with Crippen molar-refractivity contribution in [2.45, 2.75) is 25.3 Å². The molecule has 5 rings (SSSR count). The summed E-state index contributed by atoms with van der Waals surface area (Å²) >= 11 is 1.64. The number of amides is 1. The van der Waals surface area contributed by atoms with Gasteiger partial charge in [0.05, 0.1) is 27.7 Å². The second kappa shape index (κ2) is 7.11. The monoisotopic (exact) mass is 427 g/mol. The first-order valence-electron chi connectivity index (χ1n) is 9.80. The average Bonchev–Trinajstić information content (AvgIpc) is 3.44. The van der Waals surface area contributed by atoms with Crippen LogP contribution in [0.1, 0.15) is 40.7 Å². The van der Waals surface area contributed by atoms with E-state index in [9.17, 15) is 13.2 Å². The number of thiazole rings is 1. The minimum atomic E-state index is -3.27. The van der Waals surface area contributed by atoms with Gasteiger partial charge < -0.3 is 4.90 Å². The van der Waals surface area contributed by atoms with Crippen molar-refractivity contribution in [2.75, 3.05) is 23.1 Å². The van der Waals surface area contributed by atoms with Gasteiger partial charge in [0.25, 0.3) is 5.91 Å². The molecule has 0 radical (unpaired) electrons. The molecule has 0 bridgehead atoms. The lowest BCUT2D eigenvalue weighted by molar-refractivity contribution is 0.0735. The predicted octanol–water partition coefficient (Wildman–Crippen LogP) is 3.81. The summed E-state index contributed by atoms with van der Waals surface area (Å²) in [4.78, 5) is 20.0. The molecule has 0 aliphatic carbocycles. The number of carbonyl (C=O) groups excluding carboxylic acids is 1. The molecule has 0 saturated carbocycles. The van der Waals surface area contributed by atoms with Crippen molar-refractivity contribution in [1.82, 2.24) is 9.88 Å². The number of likely N-dealkylation sites (tertiary alicyclic amines) is 1. The Bertz CT molecular complexity index is 1160. The first-order valence-corrected chi connectivity index (χ1v) is 12.2. The molecule has 0 spiro atoms. The van der Waals surface area contributed by atoms with Crippen molar-refractivity contribution in [3.05, 3.63) is 59.1 Å². The number of aromatic nitrogens is 1. The highest BCUT2D eigenvalue weighted by molar-refractivity contribution is 7.93. The van der Waals surface area contributed by atoms with Crippen molar-refractivity contribution in [1.29, 1.82) is 0 Å². The van der Waals surface area contributed by atoms with Gasteiger partial charge in [-0.05, 0) is 49.6 Å². The molecule has 0 N–H and O–H groups in total. The minimum Gasteiger partial charge on any atom is -0.329 e. The highest BCUT2D eigenvalue weighted by Crippen LogP contribution is 2.37. The van der Waals surface area contributed by atoms with Crippen molar-refractivity contribution in [3.8, 4) is 0 Å². The third-order valence-corrected chi connectivity index (χ3v) is 8.60. The molecule has 3 heterocycles. The van der Waals surface area contributed by atoms with E-state index in [0.717, 1.165) is 28.1 Å². The van der Waals surface area contributed by atoms with Gasteiger partial charge in [-0.1, -0.05) is 18.2 Å². The molecule has 2 aliphatic heterocycles. The summed E-state index contributed by atoms with van der Waals surface area (Å²) in [7, 11) is -3.27. The lowest BCUT2D eigenvalue weighted by Gasteiger charge is -2.24. The van der Waals surface area contributed by atoms with E-state index in [1.165, 1.54) is 4.31 Å². The maximum absolute atomic E-state index is 13.3. The highest BCUT2D eigenvalue weighted by atomic mass is 32.2. The van der Waals surface area contributed by atoms with Crippen LogP contribution in [0, 0.1) is 0 Å². The fourth-order valence-corrected chi connectivity index (χ4v) is 6.86. The first kappa shape index (κ1) is 18.6. The number of fused-ring (bicyclic) bond motifs is 1. The second-order valence-corrected chi connectivity index (χ2v) is 10.5. The molecule has 2 aliphatic rings. The van der Waals surface area contributed by atoms with E-state index < -0.39 is 10.0 Å². The lowest BCUT2D eigenvalue weighted by atomic mass is 10.1. The maximum Gasteiger partial charge on any atom is 0.254 e. The number of nitrogens with zero attached hydrogens (tertiary/aromatic N) is 3. The van der Waals surface area contributed by atoms with Crippen LogP contribution >= 0.6 is 11.3 Å². The Balaban J connectivity index is 1.44. The zero-order chi connectivity index (χ0) is 20.0. The van der Waals surface area contributed by atoms with Gasteiger partial charge in [0, 0.05) is 18.7 Å². The van der Waals surface area contributed by atoms with Gasteiger partial charge in [0.1, 0.15) is 5.01 Å². The molecule has 1 aromatic heterocycles. The molecule has 29 heavy (non-hydrogen) atoms. The van der Waals surface area contributed by atoms with E-state index in [-0.39, 0.29) is 17.7 Å². The van der Waals surface area contributed by atoms with E-state index >= 15 is 0 Å². The Hall–Kier alpha value is -2.45. The molecule has 1 unspecified atom stereocenters. The number of rotatable bonds is 3. The molecule has 150 valence electrons. The smallest absolute Gasteiger partial charge is 0.254 e. The maximum atomic E-state index is 13.3. The van der Waals surface area contributed by atoms with Crippen LogP contribution in [0.15, 0.2) is 48.5 Å². The SMILES string of the molecule is O=C(c1cccc(N2CCCS2(=O)=O)c1)N1CCCC1c1nc2ccccc2s1. The van der Waals surface area contributed by atoms with Gasteiger partial charge >= 0.3 is 0 Å². The van der Waals surface area contributed by atoms with Crippen molar-refractivity contribution in [3.63, 3.8) is 0 Å². The third-order valence-electron chi connectivity index (χ3n) is 5.59. The van der Waals surface area contributed by atoms with Gasteiger partial charge in [0.2, 0.25) is 10.0 Å². The largest absolute Gasteiger partial charge is 0.329 e. The van der Waals surface area contributed by atoms with Crippen LogP contribution in [0.25, 0.3) is 10.2 Å². The number of carbonyl (C=O) groups is 1. The van der Waals surface area contributed by atoms with E-state index in [2.05, 4.69) is 6.07 Å². The van der Waals surface area contributed by atoms with Gasteiger partial charge in [-0.3, -0.25) is 9.10 Å². The Morgan fingerprint density at radius 2 is 1.93 bits per heavy atom. The van der Waals surface area contributed by atoms with Crippen molar-refractivity contribution < 1.29 is 13.2 Å². The minimum absolute atomic E-state index is 0.0286. The molecular formula is C21H21N3O3S2. The summed E-state index contributed by atoms with van der Waals surface area (Å²) in [6.07, 6.45) is 2.45. The Morgan fingerprint density at radius 3 is 2.72 bits per heavy atom. The molecule has 3 aromatic rings. The number of sulfonamides is 1. The Labute approximate surface area is 173 Å². The Kier molecular flexibility index (Phi) is 4.55. The standard InChI is InChI=1S/C21H21N3O3S2/c25-21(15-6-3-7-16(14-15)24-12-5-13-29(24,26)27)23-11-4-9-18(23)20-22-17-8-1-2-10-19(17)28-20/h1-3,6-8,10,14,18H,4-5,9,11-13H2. The summed E-state index contributed by atoms with van der Waals surface area (Å²) in [5, 5.41) is 0.968. The van der Waals surface area contributed by atoms with E-state index in [4.69, 9.17) is 4.98 Å². The number of anilines is 1. The quantitative estimate of drug-likeness (QED) is 0.637. The van der Waals surface area contributed by atoms with E-state index in [1.807, 2.05) is 23.1 Å². The van der Waals surface area contributed by atoms with Crippen LogP contribution in [0.4, 0.5) is 5.69 Å². The average molecular weight is 428 g/mol. The highest BCUT2D eigenvalue weighted by Gasteiger charge is 2.34. The number of para-hydroxylation sites is 1. The number of benzene rings is 2. The molecule has 1 amide bonds. The van der Waals surface area contributed by atoms with Gasteiger partial charge in [0.15, 0.2) is 0 Å². The topological polar surface area (TPSA) is 70.6 Å². The van der Waals surface area contributed by atoms with Crippen LogP contribution in [0.2, 0.25) is 0 Å². The van der Waals surface area contributed by atoms with Crippen LogP contribution in [0.5, 0.6) is 0 Å². The van der Waals surface area contributed by atoms with Crippen LogP contribution in [-0.2, 0) is 10.0 Å². The molecular weight excluding hydrogens is 406 g/mol. The fourth-order valence-electron chi connectivity index (χ4n) is 4.19. The first-order chi connectivity index (χ1) is 14.0. The summed E-state index contributed by atoms with van der Waals surface area (Å²) in [6, 6.07) is 15.0. The Morgan fingerprint density at radius 1 is 1.07 bits per heavy atom. The summed E-state index contributed by atoms with van der Waals surface area (Å²) in [5.41, 5.74) is 2.06. The second-order valence-electron chi connectivity index (χ2n) is 7.47. The van der Waals surface area contributed by atoms with Gasteiger partial charge in [-0.2, -0.15) is 0 Å². The normalized spacial score (nSPS) is 21.2. The van der Waals surface area contributed by atoms with Crippen LogP contribution in [-0.4, -0.2) is 43.1 Å². The van der Waals surface area contributed by atoms with Crippen molar-refractivity contribution in [2.24, 2.45) is 0 Å². The molecule has 1 atom stereocenters.